The van der Waals surface area contributed by atoms with E-state index in [1.807, 2.05) is 24.3 Å². The highest BCUT2D eigenvalue weighted by atomic mass is 16.5. The molecule has 1 aromatic heterocycles. The minimum atomic E-state index is -0.620. The molecule has 3 aromatic rings. The summed E-state index contributed by atoms with van der Waals surface area (Å²) in [5.74, 6) is -0.549. The zero-order chi connectivity index (χ0) is 22.7. The quantitative estimate of drug-likeness (QED) is 0.401. The summed E-state index contributed by atoms with van der Waals surface area (Å²) in [6.07, 6.45) is 0. The van der Waals surface area contributed by atoms with Crippen LogP contribution in [0.4, 0.5) is 5.82 Å². The zero-order valence-corrected chi connectivity index (χ0v) is 17.7. The van der Waals surface area contributed by atoms with Crippen LogP contribution in [-0.4, -0.2) is 33.6 Å². The van der Waals surface area contributed by atoms with Crippen molar-refractivity contribution in [2.75, 3.05) is 7.11 Å². The second-order valence-electron chi connectivity index (χ2n) is 7.84. The number of fused-ring (bicyclic) bond motifs is 4. The Bertz CT molecular complexity index is 1430. The van der Waals surface area contributed by atoms with Gasteiger partial charge in [0.25, 0.3) is 5.56 Å². The van der Waals surface area contributed by atoms with Crippen LogP contribution in [0.5, 0.6) is 6.01 Å². The largest absolute Gasteiger partial charge is 0.507 e. The molecular formula is C24H21N3O5+2. The molecule has 1 aliphatic heterocycles. The molecule has 0 saturated carbocycles. The van der Waals surface area contributed by atoms with E-state index >= 15 is 0 Å². The number of hydrogen-bond donors (Lipinski definition) is 3. The normalized spacial score (nSPS) is 16.2. The minimum Gasteiger partial charge on any atom is -0.507 e. The van der Waals surface area contributed by atoms with Crippen molar-refractivity contribution >= 4 is 23.3 Å². The number of benzene rings is 2. The van der Waals surface area contributed by atoms with Crippen molar-refractivity contribution in [3.63, 3.8) is 0 Å². The molecule has 2 aliphatic rings. The molecule has 0 saturated heterocycles. The molecule has 0 bridgehead atoms. The summed E-state index contributed by atoms with van der Waals surface area (Å²) >= 11 is 0. The van der Waals surface area contributed by atoms with Crippen LogP contribution >= 0.6 is 0 Å². The zero-order valence-electron chi connectivity index (χ0n) is 17.7. The number of aliphatic hydroxyl groups excluding tert-OH is 1. The first-order valence-corrected chi connectivity index (χ1v) is 10.0. The number of hydrogen-bond acceptors (Lipinski definition) is 5. The maximum absolute atomic E-state index is 13.3. The second kappa shape index (κ2) is 6.91. The fourth-order valence-corrected chi connectivity index (χ4v) is 4.55. The van der Waals surface area contributed by atoms with Crippen molar-refractivity contribution in [2.24, 2.45) is 14.1 Å². The van der Waals surface area contributed by atoms with Gasteiger partial charge >= 0.3 is 17.8 Å². The lowest BCUT2D eigenvalue weighted by atomic mass is 9.81. The number of rotatable bonds is 2. The van der Waals surface area contributed by atoms with Crippen LogP contribution in [0.2, 0.25) is 0 Å². The monoisotopic (exact) mass is 431 g/mol. The third-order valence-electron chi connectivity index (χ3n) is 6.19. The molecule has 2 aromatic carbocycles. The molecular weight excluding hydrogens is 410 g/mol. The van der Waals surface area contributed by atoms with Gasteiger partial charge in [-0.2, -0.15) is 0 Å². The summed E-state index contributed by atoms with van der Waals surface area (Å²) in [7, 11) is 4.47. The Morgan fingerprint density at radius 2 is 1.75 bits per heavy atom. The van der Waals surface area contributed by atoms with Crippen molar-refractivity contribution in [3.8, 4) is 6.01 Å². The van der Waals surface area contributed by atoms with Gasteiger partial charge in [-0.3, -0.25) is 4.79 Å². The van der Waals surface area contributed by atoms with E-state index in [1.54, 1.807) is 31.3 Å². The molecule has 0 amide bonds. The lowest BCUT2D eigenvalue weighted by molar-refractivity contribution is -0.723. The van der Waals surface area contributed by atoms with Gasteiger partial charge < -0.3 is 14.9 Å². The number of aliphatic hydroxyl groups is 1. The molecule has 160 valence electrons. The van der Waals surface area contributed by atoms with Gasteiger partial charge in [0.15, 0.2) is 12.6 Å². The summed E-state index contributed by atoms with van der Waals surface area (Å²) in [5, 5.41) is 21.7. The smallest absolute Gasteiger partial charge is 0.462 e. The van der Waals surface area contributed by atoms with Crippen molar-refractivity contribution in [3.05, 3.63) is 92.3 Å². The van der Waals surface area contributed by atoms with Gasteiger partial charge in [-0.1, -0.05) is 34.9 Å². The molecule has 1 unspecified atom stereocenters. The van der Waals surface area contributed by atoms with E-state index in [4.69, 9.17) is 4.74 Å². The Hall–Kier alpha value is -4.20. The summed E-state index contributed by atoms with van der Waals surface area (Å²) in [4.78, 5) is 28.5. The predicted octanol–water partition coefficient (Wildman–Crippen LogP) is 0.332. The van der Waals surface area contributed by atoms with E-state index in [9.17, 15) is 19.8 Å². The number of ether oxygens (including phenoxy) is 1. The van der Waals surface area contributed by atoms with Gasteiger partial charge in [0.2, 0.25) is 5.71 Å². The highest BCUT2D eigenvalue weighted by Crippen LogP contribution is 2.43. The van der Waals surface area contributed by atoms with E-state index < -0.39 is 11.9 Å². The number of nitrogens with one attached hydrogen (secondary N) is 1. The third-order valence-corrected chi connectivity index (χ3v) is 6.19. The Labute approximate surface area is 183 Å². The molecule has 32 heavy (non-hydrogen) atoms. The van der Waals surface area contributed by atoms with Crippen molar-refractivity contribution in [1.82, 2.24) is 4.57 Å². The number of aromatic hydroxyl groups is 1. The lowest BCUT2D eigenvalue weighted by Gasteiger charge is -2.20. The summed E-state index contributed by atoms with van der Waals surface area (Å²) < 4.78 is 7.46. The molecule has 3 N–H and O–H groups in total. The number of aromatic nitrogens is 2. The number of esters is 1. The van der Waals surface area contributed by atoms with Crippen LogP contribution in [0.25, 0.3) is 5.76 Å². The van der Waals surface area contributed by atoms with E-state index in [-0.39, 0.29) is 17.3 Å². The molecule has 2 heterocycles. The molecule has 0 fully saturated rings. The maximum Gasteiger partial charge on any atom is 0.462 e. The van der Waals surface area contributed by atoms with Crippen LogP contribution in [0.1, 0.15) is 38.5 Å². The molecule has 1 atom stereocenters. The third kappa shape index (κ3) is 2.56. The van der Waals surface area contributed by atoms with Crippen molar-refractivity contribution in [1.29, 1.82) is 0 Å². The van der Waals surface area contributed by atoms with Crippen LogP contribution in [0, 0.1) is 0 Å². The lowest BCUT2D eigenvalue weighted by Crippen LogP contribution is -2.75. The highest BCUT2D eigenvalue weighted by Gasteiger charge is 2.49. The average Bonchev–Trinajstić information content (AvgIpc) is 3.11. The standard InChI is InChI=1S/C24H19N3O5/c1-26-21-18(22(29)27(2)24(26)31)16(12-8-10-13(11-9-12)23(30)32-3)17-19(25-21)14-6-4-5-7-15(14)20(17)28/h4-11,16H,1-3H3,(H,25,28,29)/p+2. The molecule has 0 spiro atoms. The average molecular weight is 431 g/mol. The molecule has 0 radical (unpaired) electrons. The molecule has 8 nitrogen and oxygen atoms in total. The first-order valence-electron chi connectivity index (χ1n) is 10.0. The van der Waals surface area contributed by atoms with Crippen LogP contribution < -0.4 is 15.1 Å². The van der Waals surface area contributed by atoms with Crippen LogP contribution in [0.3, 0.4) is 0 Å². The summed E-state index contributed by atoms with van der Waals surface area (Å²) in [6.45, 7) is 0. The van der Waals surface area contributed by atoms with Gasteiger partial charge in [0, 0.05) is 12.6 Å². The molecule has 8 heteroatoms. The Kier molecular flexibility index (Phi) is 4.27. The topological polar surface area (TPSA) is 107 Å². The fraction of sp³-hybridized carbons (Fsp3) is 0.167. The number of carbonyl (C=O) groups excluding carboxylic acids is 1. The van der Waals surface area contributed by atoms with E-state index in [0.29, 0.717) is 33.8 Å². The Morgan fingerprint density at radius 1 is 1.09 bits per heavy atom. The van der Waals surface area contributed by atoms with Gasteiger partial charge in [0.05, 0.1) is 29.7 Å². The minimum absolute atomic E-state index is 0.0913. The Morgan fingerprint density at radius 3 is 2.41 bits per heavy atom. The van der Waals surface area contributed by atoms with Gasteiger partial charge in [-0.25, -0.2) is 9.36 Å². The summed E-state index contributed by atoms with van der Waals surface area (Å²) in [5.41, 5.74) is 3.82. The number of carbonyl (C=O) groups is 1. The van der Waals surface area contributed by atoms with Crippen molar-refractivity contribution in [2.45, 2.75) is 5.92 Å². The first kappa shape index (κ1) is 19.7. The SMILES string of the molecule is COC(=O)c1ccc(C2C3=C(O)c4ccccc4C3=[NH+]c3c2c(=O)n(C)c(O)[n+]3C)cc1. The van der Waals surface area contributed by atoms with Gasteiger partial charge in [-0.15, -0.1) is 4.99 Å². The second-order valence-corrected chi connectivity index (χ2v) is 7.84. The van der Waals surface area contributed by atoms with Crippen LogP contribution in [0.15, 0.2) is 58.9 Å². The number of allylic oxidation sites excluding steroid dienone is 1. The van der Waals surface area contributed by atoms with Crippen molar-refractivity contribution < 1.29 is 29.3 Å². The molecule has 1 aliphatic carbocycles. The number of nitrogens with zero attached hydrogens (tertiary/aromatic N) is 2. The van der Waals surface area contributed by atoms with Gasteiger partial charge in [-0.05, 0) is 23.8 Å². The maximum atomic E-state index is 13.3. The Balaban J connectivity index is 1.84. The molecule has 5 rings (SSSR count). The number of methoxy groups -OCH3 is 1. The summed E-state index contributed by atoms with van der Waals surface area (Å²) in [6, 6.07) is 14.0. The van der Waals surface area contributed by atoms with E-state index in [2.05, 4.69) is 4.99 Å². The van der Waals surface area contributed by atoms with Gasteiger partial charge in [0.1, 0.15) is 5.76 Å². The fourth-order valence-electron chi connectivity index (χ4n) is 4.55. The predicted molar refractivity (Wildman–Crippen MR) is 115 cm³/mol. The highest BCUT2D eigenvalue weighted by molar-refractivity contribution is 6.21. The van der Waals surface area contributed by atoms with E-state index in [1.165, 1.54) is 23.3 Å². The van der Waals surface area contributed by atoms with E-state index in [0.717, 1.165) is 11.1 Å². The first-order chi connectivity index (χ1) is 15.3. The van der Waals surface area contributed by atoms with Crippen LogP contribution in [-0.2, 0) is 18.8 Å².